The number of rotatable bonds is 4. The molecule has 0 aliphatic carbocycles. The lowest BCUT2D eigenvalue weighted by Crippen LogP contribution is -2.33. The molecular formula is C20H19F2NO3S2. The quantitative estimate of drug-likeness (QED) is 0.644. The highest BCUT2D eigenvalue weighted by molar-refractivity contribution is 7.99. The Morgan fingerprint density at radius 3 is 2.82 bits per heavy atom. The average Bonchev–Trinajstić information content (AvgIpc) is 3.02. The maximum absolute atomic E-state index is 13.0. The summed E-state index contributed by atoms with van der Waals surface area (Å²) in [5.41, 5.74) is 1.50. The summed E-state index contributed by atoms with van der Waals surface area (Å²) < 4.78 is 36.5. The third kappa shape index (κ3) is 4.22. The fraction of sp³-hybridized carbons (Fsp3) is 0.350. The first kappa shape index (κ1) is 19.4. The maximum atomic E-state index is 13.0. The average molecular weight is 424 g/mol. The molecule has 2 aromatic carbocycles. The van der Waals surface area contributed by atoms with Gasteiger partial charge in [0.2, 0.25) is 6.79 Å². The largest absolute Gasteiger partial charge is 0.454 e. The molecule has 0 N–H and O–H groups in total. The van der Waals surface area contributed by atoms with Crippen LogP contribution in [0.1, 0.15) is 27.6 Å². The molecule has 1 saturated heterocycles. The summed E-state index contributed by atoms with van der Waals surface area (Å²) in [5, 5.41) is 0.248. The Balaban J connectivity index is 1.46. The van der Waals surface area contributed by atoms with Gasteiger partial charge in [0, 0.05) is 29.0 Å². The summed E-state index contributed by atoms with van der Waals surface area (Å²) in [4.78, 5) is 15.1. The first-order chi connectivity index (χ1) is 13.6. The Bertz CT molecular complexity index is 865. The van der Waals surface area contributed by atoms with Gasteiger partial charge in [0.15, 0.2) is 11.5 Å². The van der Waals surface area contributed by atoms with Crippen LogP contribution in [0.25, 0.3) is 0 Å². The molecular weight excluding hydrogens is 404 g/mol. The van der Waals surface area contributed by atoms with E-state index in [4.69, 9.17) is 9.47 Å². The number of carbonyl (C=O) groups is 1. The monoisotopic (exact) mass is 423 g/mol. The lowest BCUT2D eigenvalue weighted by Gasteiger charge is -2.21. The van der Waals surface area contributed by atoms with E-state index in [0.29, 0.717) is 35.3 Å². The number of hydrogen-bond acceptors (Lipinski definition) is 5. The minimum atomic E-state index is -2.55. The topological polar surface area (TPSA) is 38.8 Å². The second-order valence-electron chi connectivity index (χ2n) is 6.43. The van der Waals surface area contributed by atoms with E-state index in [1.165, 1.54) is 0 Å². The molecule has 2 aliphatic rings. The van der Waals surface area contributed by atoms with E-state index in [1.807, 2.05) is 18.2 Å². The van der Waals surface area contributed by atoms with Crippen LogP contribution in [0.3, 0.4) is 0 Å². The van der Waals surface area contributed by atoms with Gasteiger partial charge in [-0.25, -0.2) is 0 Å². The molecule has 0 aromatic heterocycles. The smallest absolute Gasteiger partial charge is 0.288 e. The van der Waals surface area contributed by atoms with Crippen LogP contribution in [0.4, 0.5) is 8.78 Å². The van der Waals surface area contributed by atoms with E-state index in [-0.39, 0.29) is 18.0 Å². The zero-order valence-corrected chi connectivity index (χ0v) is 16.6. The third-order valence-electron chi connectivity index (χ3n) is 4.73. The fourth-order valence-corrected chi connectivity index (χ4v) is 5.22. The zero-order valence-electron chi connectivity index (χ0n) is 15.0. The van der Waals surface area contributed by atoms with Gasteiger partial charge >= 0.3 is 0 Å². The Labute approximate surface area is 170 Å². The van der Waals surface area contributed by atoms with Gasteiger partial charge in [0.05, 0.1) is 5.56 Å². The second-order valence-corrected chi connectivity index (χ2v) is 8.77. The van der Waals surface area contributed by atoms with E-state index in [1.54, 1.807) is 40.9 Å². The van der Waals surface area contributed by atoms with Crippen molar-refractivity contribution < 1.29 is 23.0 Å². The Morgan fingerprint density at radius 2 is 1.96 bits per heavy atom. The zero-order chi connectivity index (χ0) is 19.5. The minimum absolute atomic E-state index is 0.185. The van der Waals surface area contributed by atoms with Crippen LogP contribution in [0.2, 0.25) is 0 Å². The van der Waals surface area contributed by atoms with Crippen LogP contribution in [-0.2, 0) is 0 Å². The van der Waals surface area contributed by atoms with Crippen molar-refractivity contribution in [1.82, 2.24) is 4.90 Å². The van der Waals surface area contributed by atoms with Crippen LogP contribution in [0.5, 0.6) is 11.5 Å². The molecule has 1 atom stereocenters. The van der Waals surface area contributed by atoms with Gasteiger partial charge < -0.3 is 14.4 Å². The van der Waals surface area contributed by atoms with Gasteiger partial charge in [-0.1, -0.05) is 30.0 Å². The number of amides is 1. The lowest BCUT2D eigenvalue weighted by molar-refractivity contribution is 0.0763. The first-order valence-corrected chi connectivity index (χ1v) is 10.9. The Hall–Kier alpha value is -1.93. The summed E-state index contributed by atoms with van der Waals surface area (Å²) in [6, 6.07) is 12.6. The SMILES string of the molecule is O=C(c1ccccc1SC(F)F)N1CCSC(c2ccc3c(c2)OCO3)CC1. The highest BCUT2D eigenvalue weighted by atomic mass is 32.2. The van der Waals surface area contributed by atoms with Gasteiger partial charge in [-0.15, -0.1) is 0 Å². The van der Waals surface area contributed by atoms with Crippen LogP contribution in [0, 0.1) is 0 Å². The van der Waals surface area contributed by atoms with Crippen molar-refractivity contribution in [3.8, 4) is 11.5 Å². The molecule has 0 saturated carbocycles. The van der Waals surface area contributed by atoms with Gasteiger partial charge in [-0.05, 0) is 36.2 Å². The molecule has 2 aliphatic heterocycles. The summed E-state index contributed by atoms with van der Waals surface area (Å²) in [6.45, 7) is 1.42. The molecule has 148 valence electrons. The predicted molar refractivity (Wildman–Crippen MR) is 107 cm³/mol. The summed E-state index contributed by atoms with van der Waals surface area (Å²) in [5.74, 6) is -0.435. The van der Waals surface area contributed by atoms with E-state index in [9.17, 15) is 13.6 Å². The Kier molecular flexibility index (Phi) is 5.96. The summed E-state index contributed by atoms with van der Waals surface area (Å²) >= 11 is 2.22. The number of fused-ring (bicyclic) bond motifs is 1. The standard InChI is InChI=1S/C20H19F2NO3S2/c21-20(22)28-18-4-2-1-3-14(18)19(24)23-8-7-17(27-10-9-23)13-5-6-15-16(11-13)26-12-25-15/h1-6,11,17,20H,7-10,12H2. The fourth-order valence-electron chi connectivity index (χ4n) is 3.37. The summed E-state index contributed by atoms with van der Waals surface area (Å²) in [6.07, 6.45) is 0.792. The molecule has 28 heavy (non-hydrogen) atoms. The van der Waals surface area contributed by atoms with Crippen molar-refractivity contribution in [2.45, 2.75) is 22.3 Å². The van der Waals surface area contributed by atoms with E-state index in [2.05, 4.69) is 0 Å². The molecule has 8 heteroatoms. The van der Waals surface area contributed by atoms with E-state index < -0.39 is 5.76 Å². The molecule has 0 bridgehead atoms. The molecule has 1 unspecified atom stereocenters. The number of benzene rings is 2. The van der Waals surface area contributed by atoms with Crippen molar-refractivity contribution in [3.63, 3.8) is 0 Å². The number of halogens is 2. The first-order valence-electron chi connectivity index (χ1n) is 8.96. The minimum Gasteiger partial charge on any atom is -0.454 e. The molecule has 1 amide bonds. The highest BCUT2D eigenvalue weighted by Gasteiger charge is 2.26. The van der Waals surface area contributed by atoms with Gasteiger partial charge in [-0.2, -0.15) is 20.5 Å². The van der Waals surface area contributed by atoms with E-state index in [0.717, 1.165) is 29.2 Å². The molecule has 4 rings (SSSR count). The normalized spacial score (nSPS) is 19.0. The number of thioether (sulfide) groups is 2. The highest BCUT2D eigenvalue weighted by Crippen LogP contribution is 2.40. The van der Waals surface area contributed by atoms with Gasteiger partial charge in [0.1, 0.15) is 0 Å². The molecule has 0 radical (unpaired) electrons. The van der Waals surface area contributed by atoms with Crippen molar-refractivity contribution in [1.29, 1.82) is 0 Å². The molecule has 2 heterocycles. The third-order valence-corrected chi connectivity index (χ3v) is 6.85. The van der Waals surface area contributed by atoms with Crippen LogP contribution in [0.15, 0.2) is 47.4 Å². The maximum Gasteiger partial charge on any atom is 0.288 e. The number of alkyl halides is 2. The van der Waals surface area contributed by atoms with Crippen molar-refractivity contribution in [2.75, 3.05) is 25.6 Å². The number of ether oxygens (including phenoxy) is 2. The van der Waals surface area contributed by atoms with Crippen LogP contribution in [-0.4, -0.2) is 42.2 Å². The molecule has 1 fully saturated rings. The number of carbonyl (C=O) groups excluding carboxylic acids is 1. The lowest BCUT2D eigenvalue weighted by atomic mass is 10.1. The second kappa shape index (κ2) is 8.61. The molecule has 4 nitrogen and oxygen atoms in total. The van der Waals surface area contributed by atoms with Gasteiger partial charge in [0.25, 0.3) is 11.7 Å². The number of nitrogens with zero attached hydrogens (tertiary/aromatic N) is 1. The van der Waals surface area contributed by atoms with Crippen molar-refractivity contribution >= 4 is 29.4 Å². The predicted octanol–water partition coefficient (Wildman–Crippen LogP) is 5.05. The van der Waals surface area contributed by atoms with Crippen molar-refractivity contribution in [2.24, 2.45) is 0 Å². The molecule has 2 aromatic rings. The molecule has 0 spiro atoms. The van der Waals surface area contributed by atoms with E-state index >= 15 is 0 Å². The Morgan fingerprint density at radius 1 is 1.14 bits per heavy atom. The van der Waals surface area contributed by atoms with Crippen molar-refractivity contribution in [3.05, 3.63) is 53.6 Å². The van der Waals surface area contributed by atoms with Crippen LogP contribution < -0.4 is 9.47 Å². The van der Waals surface area contributed by atoms with Crippen LogP contribution >= 0.6 is 23.5 Å². The summed E-state index contributed by atoms with van der Waals surface area (Å²) in [7, 11) is 0. The number of hydrogen-bond donors (Lipinski definition) is 0. The van der Waals surface area contributed by atoms with Gasteiger partial charge in [-0.3, -0.25) is 4.79 Å².